The molecule has 38 heavy (non-hydrogen) atoms. The minimum absolute atomic E-state index is 0.159. The quantitative estimate of drug-likeness (QED) is 0.273. The summed E-state index contributed by atoms with van der Waals surface area (Å²) in [6, 6.07) is 31.0. The van der Waals surface area contributed by atoms with Crippen molar-refractivity contribution in [1.82, 2.24) is 10.2 Å². The van der Waals surface area contributed by atoms with Gasteiger partial charge in [-0.2, -0.15) is 0 Å². The Morgan fingerprint density at radius 2 is 1.50 bits per heavy atom. The van der Waals surface area contributed by atoms with Crippen molar-refractivity contribution >= 4 is 22.6 Å². The van der Waals surface area contributed by atoms with E-state index in [9.17, 15) is 9.59 Å². The van der Waals surface area contributed by atoms with Gasteiger partial charge in [-0.15, -0.1) is 0 Å². The van der Waals surface area contributed by atoms with Gasteiger partial charge in [-0.3, -0.25) is 9.59 Å². The summed E-state index contributed by atoms with van der Waals surface area (Å²) in [4.78, 5) is 29.0. The van der Waals surface area contributed by atoms with E-state index in [1.807, 2.05) is 104 Å². The smallest absolute Gasteiger partial charge is 0.261 e. The number of fused-ring (bicyclic) bond motifs is 1. The lowest BCUT2D eigenvalue weighted by molar-refractivity contribution is -0.142. The zero-order valence-corrected chi connectivity index (χ0v) is 22.4. The van der Waals surface area contributed by atoms with E-state index >= 15 is 0 Å². The molecular weight excluding hydrogens is 472 g/mol. The average Bonchev–Trinajstić information content (AvgIpc) is 2.93. The first-order valence-electron chi connectivity index (χ1n) is 13.2. The summed E-state index contributed by atoms with van der Waals surface area (Å²) in [6.45, 7) is 6.83. The number of nitrogens with zero attached hydrogens (tertiary/aromatic N) is 1. The number of ether oxygens (including phenoxy) is 1. The molecule has 196 valence electrons. The van der Waals surface area contributed by atoms with Crippen molar-refractivity contribution in [2.75, 3.05) is 13.2 Å². The number of hydrogen-bond donors (Lipinski definition) is 1. The second kappa shape index (κ2) is 12.9. The zero-order chi connectivity index (χ0) is 26.9. The van der Waals surface area contributed by atoms with Crippen LogP contribution in [0.25, 0.3) is 10.8 Å². The molecule has 0 unspecified atom stereocenters. The standard InChI is InChI=1S/C33H36N2O3/c1-24(2)21-34-33(37)30(20-26-10-5-4-6-11-26)35(22-27-18-16-25(3)17-19-27)32(36)23-38-31-15-9-13-28-12-7-8-14-29(28)31/h4-19,24,30H,20-23H2,1-3H3,(H,34,37)/t30-/m1/s1. The van der Waals surface area contributed by atoms with Crippen LogP contribution in [0.3, 0.4) is 0 Å². The number of amides is 2. The van der Waals surface area contributed by atoms with Crippen LogP contribution in [0.5, 0.6) is 5.75 Å². The third-order valence-corrected chi connectivity index (χ3v) is 6.53. The van der Waals surface area contributed by atoms with Crippen LogP contribution in [0.15, 0.2) is 97.1 Å². The molecule has 4 aromatic carbocycles. The molecule has 1 N–H and O–H groups in total. The molecule has 0 bridgehead atoms. The molecule has 0 aliphatic heterocycles. The summed E-state index contributed by atoms with van der Waals surface area (Å²) >= 11 is 0. The molecule has 2 amide bonds. The van der Waals surface area contributed by atoms with Gasteiger partial charge in [0.1, 0.15) is 11.8 Å². The SMILES string of the molecule is Cc1ccc(CN(C(=O)COc2cccc3ccccc23)[C@H](Cc2ccccc2)C(=O)NCC(C)C)cc1. The molecule has 0 fully saturated rings. The fraction of sp³-hybridized carbons (Fsp3) is 0.273. The van der Waals surface area contributed by atoms with Crippen molar-refractivity contribution < 1.29 is 14.3 Å². The molecule has 0 aliphatic carbocycles. The molecule has 5 heteroatoms. The summed E-state index contributed by atoms with van der Waals surface area (Å²) in [7, 11) is 0. The topological polar surface area (TPSA) is 58.6 Å². The van der Waals surface area contributed by atoms with E-state index in [0.717, 1.165) is 27.5 Å². The van der Waals surface area contributed by atoms with E-state index in [1.54, 1.807) is 4.90 Å². The van der Waals surface area contributed by atoms with Crippen LogP contribution in [-0.2, 0) is 22.6 Å². The van der Waals surface area contributed by atoms with E-state index in [-0.39, 0.29) is 18.4 Å². The molecule has 1 atom stereocenters. The van der Waals surface area contributed by atoms with Crippen molar-refractivity contribution in [2.45, 2.75) is 39.8 Å². The van der Waals surface area contributed by atoms with Gasteiger partial charge < -0.3 is 15.0 Å². The van der Waals surface area contributed by atoms with E-state index < -0.39 is 6.04 Å². The molecule has 0 heterocycles. The van der Waals surface area contributed by atoms with Crippen molar-refractivity contribution in [1.29, 1.82) is 0 Å². The Hall–Kier alpha value is -4.12. The first-order chi connectivity index (χ1) is 18.4. The molecule has 4 rings (SSSR count). The lowest BCUT2D eigenvalue weighted by atomic mass is 10.0. The highest BCUT2D eigenvalue weighted by atomic mass is 16.5. The Labute approximate surface area is 225 Å². The van der Waals surface area contributed by atoms with E-state index in [2.05, 4.69) is 19.2 Å². The lowest BCUT2D eigenvalue weighted by Crippen LogP contribution is -2.52. The molecule has 0 radical (unpaired) electrons. The fourth-order valence-electron chi connectivity index (χ4n) is 4.41. The maximum absolute atomic E-state index is 13.8. The third-order valence-electron chi connectivity index (χ3n) is 6.53. The van der Waals surface area contributed by atoms with Crippen LogP contribution < -0.4 is 10.1 Å². The summed E-state index contributed by atoms with van der Waals surface area (Å²) in [5, 5.41) is 5.05. The van der Waals surface area contributed by atoms with Crippen LogP contribution in [-0.4, -0.2) is 35.9 Å². The Morgan fingerprint density at radius 3 is 2.24 bits per heavy atom. The molecule has 4 aromatic rings. The summed E-state index contributed by atoms with van der Waals surface area (Å²) < 4.78 is 6.07. The highest BCUT2D eigenvalue weighted by Crippen LogP contribution is 2.25. The number of benzene rings is 4. The highest BCUT2D eigenvalue weighted by molar-refractivity contribution is 5.90. The lowest BCUT2D eigenvalue weighted by Gasteiger charge is -2.32. The minimum atomic E-state index is -0.680. The van der Waals surface area contributed by atoms with Gasteiger partial charge in [-0.25, -0.2) is 0 Å². The predicted octanol–water partition coefficient (Wildman–Crippen LogP) is 5.94. The first-order valence-corrected chi connectivity index (χ1v) is 13.2. The Kier molecular flexibility index (Phi) is 9.15. The minimum Gasteiger partial charge on any atom is -0.483 e. The van der Waals surface area contributed by atoms with E-state index in [4.69, 9.17) is 4.74 Å². The van der Waals surface area contributed by atoms with Gasteiger partial charge in [0.15, 0.2) is 6.61 Å². The summed E-state index contributed by atoms with van der Waals surface area (Å²) in [5.74, 6) is 0.551. The second-order valence-electron chi connectivity index (χ2n) is 10.1. The molecule has 0 saturated carbocycles. The predicted molar refractivity (Wildman–Crippen MR) is 153 cm³/mol. The second-order valence-corrected chi connectivity index (χ2v) is 10.1. The third kappa shape index (κ3) is 7.22. The Balaban J connectivity index is 1.63. The molecule has 0 aliphatic rings. The van der Waals surface area contributed by atoms with E-state index in [1.165, 1.54) is 0 Å². The Morgan fingerprint density at radius 1 is 0.816 bits per heavy atom. The number of nitrogens with one attached hydrogen (secondary N) is 1. The maximum Gasteiger partial charge on any atom is 0.261 e. The normalized spacial score (nSPS) is 11.8. The van der Waals surface area contributed by atoms with Crippen molar-refractivity contribution in [3.8, 4) is 5.75 Å². The van der Waals surface area contributed by atoms with Gasteiger partial charge in [-0.05, 0) is 35.4 Å². The monoisotopic (exact) mass is 508 g/mol. The molecule has 0 saturated heterocycles. The number of rotatable bonds is 11. The molecular formula is C33H36N2O3. The van der Waals surface area contributed by atoms with Crippen molar-refractivity contribution in [3.05, 3.63) is 114 Å². The number of carbonyl (C=O) groups is 2. The van der Waals surface area contributed by atoms with Gasteiger partial charge in [-0.1, -0.05) is 110 Å². The van der Waals surface area contributed by atoms with Gasteiger partial charge in [0.2, 0.25) is 5.91 Å². The van der Waals surface area contributed by atoms with Crippen molar-refractivity contribution in [2.24, 2.45) is 5.92 Å². The molecule has 5 nitrogen and oxygen atoms in total. The maximum atomic E-state index is 13.8. The molecule has 0 aromatic heterocycles. The van der Waals surface area contributed by atoms with Gasteiger partial charge in [0.05, 0.1) is 0 Å². The van der Waals surface area contributed by atoms with Crippen LogP contribution in [0.4, 0.5) is 0 Å². The van der Waals surface area contributed by atoms with Gasteiger partial charge >= 0.3 is 0 Å². The van der Waals surface area contributed by atoms with Crippen molar-refractivity contribution in [3.63, 3.8) is 0 Å². The Bertz CT molecular complexity index is 1340. The average molecular weight is 509 g/mol. The zero-order valence-electron chi connectivity index (χ0n) is 22.4. The largest absolute Gasteiger partial charge is 0.483 e. The molecule has 0 spiro atoms. The fourth-order valence-corrected chi connectivity index (χ4v) is 4.41. The number of hydrogen-bond acceptors (Lipinski definition) is 3. The van der Waals surface area contributed by atoms with Crippen LogP contribution in [0.1, 0.15) is 30.5 Å². The summed E-state index contributed by atoms with van der Waals surface area (Å²) in [6.07, 6.45) is 0.413. The highest BCUT2D eigenvalue weighted by Gasteiger charge is 2.30. The summed E-state index contributed by atoms with van der Waals surface area (Å²) in [5.41, 5.74) is 3.10. The number of aryl methyl sites for hydroxylation is 1. The first kappa shape index (κ1) is 26.9. The van der Waals surface area contributed by atoms with E-state index in [0.29, 0.717) is 31.2 Å². The van der Waals surface area contributed by atoms with Crippen LogP contribution >= 0.6 is 0 Å². The van der Waals surface area contributed by atoms with Gasteiger partial charge in [0, 0.05) is 24.9 Å². The van der Waals surface area contributed by atoms with Gasteiger partial charge in [0.25, 0.3) is 5.91 Å². The van der Waals surface area contributed by atoms with Crippen LogP contribution in [0.2, 0.25) is 0 Å². The number of carbonyl (C=O) groups excluding carboxylic acids is 2. The van der Waals surface area contributed by atoms with Crippen LogP contribution in [0, 0.1) is 12.8 Å².